The normalized spacial score (nSPS) is 20.1. The zero-order chi connectivity index (χ0) is 23.2. The van der Waals surface area contributed by atoms with Crippen LogP contribution in [0.1, 0.15) is 68.6 Å². The van der Waals surface area contributed by atoms with Crippen LogP contribution in [0.25, 0.3) is 5.82 Å². The van der Waals surface area contributed by atoms with Gasteiger partial charge in [0.15, 0.2) is 5.82 Å². The predicted molar refractivity (Wildman–Crippen MR) is 122 cm³/mol. The van der Waals surface area contributed by atoms with Gasteiger partial charge in [0, 0.05) is 43.2 Å². The Hall–Kier alpha value is -3.54. The Morgan fingerprint density at radius 1 is 1.24 bits per heavy atom. The molecule has 6 rings (SSSR count). The highest BCUT2D eigenvalue weighted by Crippen LogP contribution is 2.41. The fourth-order valence-electron chi connectivity index (χ4n) is 4.99. The number of rotatable bonds is 5. The lowest BCUT2D eigenvalue weighted by molar-refractivity contribution is -0.0332. The topological polar surface area (TPSA) is 93.3 Å². The molecule has 0 N–H and O–H groups in total. The lowest BCUT2D eigenvalue weighted by Crippen LogP contribution is -2.38. The number of fused-ring (bicyclic) bond motifs is 1. The number of esters is 1. The molecule has 172 valence electrons. The van der Waals surface area contributed by atoms with Gasteiger partial charge in [-0.3, -0.25) is 4.90 Å². The maximum Gasteiger partial charge on any atom is 0.338 e. The van der Waals surface area contributed by atoms with Crippen LogP contribution in [-0.2, 0) is 22.6 Å². The minimum absolute atomic E-state index is 0.0499. The molecule has 0 spiro atoms. The number of carbonyl (C=O) groups excluding carboxylic acids is 1. The average Bonchev–Trinajstić information content (AvgIpc) is 3.49. The van der Waals surface area contributed by atoms with Crippen LogP contribution >= 0.6 is 0 Å². The number of carbonyl (C=O) groups is 1. The number of ether oxygens (including phenoxy) is 2. The summed E-state index contributed by atoms with van der Waals surface area (Å²) in [7, 11) is 0. The third-order valence-electron chi connectivity index (χ3n) is 7.04. The molecule has 4 heterocycles. The van der Waals surface area contributed by atoms with Crippen LogP contribution in [0.15, 0.2) is 36.8 Å². The number of aromatic nitrogens is 3. The Labute approximate surface area is 197 Å². The smallest absolute Gasteiger partial charge is 0.338 e. The molecule has 0 bridgehead atoms. The molecular formula is C26H25N5O3. The molecule has 3 aromatic rings. The van der Waals surface area contributed by atoms with E-state index in [0.717, 1.165) is 66.1 Å². The van der Waals surface area contributed by atoms with E-state index in [1.54, 1.807) is 10.9 Å². The molecule has 2 aliphatic heterocycles. The molecule has 1 atom stereocenters. The second-order valence-electron chi connectivity index (χ2n) is 9.29. The van der Waals surface area contributed by atoms with Crippen LogP contribution in [0.5, 0.6) is 0 Å². The van der Waals surface area contributed by atoms with E-state index in [9.17, 15) is 10.1 Å². The van der Waals surface area contributed by atoms with Gasteiger partial charge < -0.3 is 9.47 Å². The standard InChI is InChI=1S/C26H25N5O3/c1-16-20(4-5-21-23(16)15-34-26(21)32)24-14-30(6-7-33-24)12-17-10-29-31(13-17)25-8-22(18-2-3-18)19(9-27)11-28-25/h4-5,8,10-11,13,18,24H,2-3,6-7,12,14-15H2,1H3/t24-/m0/s1. The van der Waals surface area contributed by atoms with Crippen molar-refractivity contribution < 1.29 is 14.3 Å². The van der Waals surface area contributed by atoms with E-state index >= 15 is 0 Å². The zero-order valence-electron chi connectivity index (χ0n) is 19.0. The lowest BCUT2D eigenvalue weighted by atomic mass is 9.94. The number of morpholine rings is 1. The molecule has 2 fully saturated rings. The first-order valence-corrected chi connectivity index (χ1v) is 11.7. The zero-order valence-corrected chi connectivity index (χ0v) is 19.0. The Morgan fingerprint density at radius 3 is 2.94 bits per heavy atom. The summed E-state index contributed by atoms with van der Waals surface area (Å²) in [6.07, 6.45) is 7.77. The molecule has 8 heteroatoms. The van der Waals surface area contributed by atoms with E-state index in [-0.39, 0.29) is 12.1 Å². The fraction of sp³-hybridized carbons (Fsp3) is 0.385. The van der Waals surface area contributed by atoms with Crippen molar-refractivity contribution in [2.24, 2.45) is 0 Å². The monoisotopic (exact) mass is 455 g/mol. The molecule has 2 aromatic heterocycles. The lowest BCUT2D eigenvalue weighted by Gasteiger charge is -2.33. The van der Waals surface area contributed by atoms with E-state index in [0.29, 0.717) is 30.3 Å². The van der Waals surface area contributed by atoms with Crippen LogP contribution in [-0.4, -0.2) is 45.3 Å². The van der Waals surface area contributed by atoms with Gasteiger partial charge in [-0.05, 0) is 54.5 Å². The van der Waals surface area contributed by atoms with Gasteiger partial charge in [-0.2, -0.15) is 10.4 Å². The molecule has 0 amide bonds. The fourth-order valence-corrected chi connectivity index (χ4v) is 4.99. The van der Waals surface area contributed by atoms with Crippen LogP contribution in [0.3, 0.4) is 0 Å². The molecule has 0 unspecified atom stereocenters. The predicted octanol–water partition coefficient (Wildman–Crippen LogP) is 3.57. The van der Waals surface area contributed by atoms with Gasteiger partial charge in [0.05, 0.1) is 30.0 Å². The van der Waals surface area contributed by atoms with Crippen molar-refractivity contribution >= 4 is 5.97 Å². The molecule has 1 aliphatic carbocycles. The molecule has 8 nitrogen and oxygen atoms in total. The molecule has 34 heavy (non-hydrogen) atoms. The minimum Gasteiger partial charge on any atom is -0.457 e. The van der Waals surface area contributed by atoms with Gasteiger partial charge in [-0.1, -0.05) is 6.07 Å². The second-order valence-corrected chi connectivity index (χ2v) is 9.29. The molecule has 0 radical (unpaired) electrons. The van der Waals surface area contributed by atoms with Crippen molar-refractivity contribution in [3.8, 4) is 11.9 Å². The Balaban J connectivity index is 1.17. The van der Waals surface area contributed by atoms with Crippen molar-refractivity contribution in [2.45, 2.75) is 44.9 Å². The summed E-state index contributed by atoms with van der Waals surface area (Å²) in [5.41, 5.74) is 6.69. The average molecular weight is 456 g/mol. The quantitative estimate of drug-likeness (QED) is 0.543. The highest BCUT2D eigenvalue weighted by molar-refractivity contribution is 5.93. The van der Waals surface area contributed by atoms with Crippen molar-refractivity contribution in [2.75, 3.05) is 19.7 Å². The highest BCUT2D eigenvalue weighted by Gasteiger charge is 2.29. The van der Waals surface area contributed by atoms with Gasteiger partial charge >= 0.3 is 5.97 Å². The number of nitrogens with zero attached hydrogens (tertiary/aromatic N) is 5. The Bertz CT molecular complexity index is 1320. The van der Waals surface area contributed by atoms with E-state index < -0.39 is 0 Å². The first kappa shape index (κ1) is 21.0. The second kappa shape index (κ2) is 8.35. The highest BCUT2D eigenvalue weighted by atomic mass is 16.5. The number of nitriles is 1. The summed E-state index contributed by atoms with van der Waals surface area (Å²) >= 11 is 0. The van der Waals surface area contributed by atoms with E-state index in [2.05, 4.69) is 21.1 Å². The number of pyridine rings is 1. The van der Waals surface area contributed by atoms with E-state index in [1.165, 1.54) is 0 Å². The van der Waals surface area contributed by atoms with Crippen molar-refractivity contribution in [1.29, 1.82) is 5.26 Å². The Morgan fingerprint density at radius 2 is 2.12 bits per heavy atom. The third-order valence-corrected chi connectivity index (χ3v) is 7.04. The first-order valence-electron chi connectivity index (χ1n) is 11.7. The molecular weight excluding hydrogens is 430 g/mol. The summed E-state index contributed by atoms with van der Waals surface area (Å²) < 4.78 is 13.1. The van der Waals surface area contributed by atoms with Crippen LogP contribution in [0.2, 0.25) is 0 Å². The number of cyclic esters (lactones) is 1. The van der Waals surface area contributed by atoms with Gasteiger partial charge in [0.1, 0.15) is 12.7 Å². The van der Waals surface area contributed by atoms with Crippen LogP contribution in [0, 0.1) is 18.3 Å². The molecule has 1 aromatic carbocycles. The van der Waals surface area contributed by atoms with Gasteiger partial charge in [-0.25, -0.2) is 14.5 Å². The van der Waals surface area contributed by atoms with E-state index in [1.807, 2.05) is 37.5 Å². The number of hydrogen-bond donors (Lipinski definition) is 0. The van der Waals surface area contributed by atoms with Crippen molar-refractivity contribution in [3.05, 3.63) is 75.7 Å². The van der Waals surface area contributed by atoms with Gasteiger partial charge in [-0.15, -0.1) is 0 Å². The minimum atomic E-state index is -0.242. The summed E-state index contributed by atoms with van der Waals surface area (Å²) in [5.74, 6) is 0.982. The SMILES string of the molecule is Cc1c([C@@H]2CN(Cc3cnn(-c4cc(C5CC5)c(C#N)cn4)c3)CCO2)ccc2c1COC2=O. The van der Waals surface area contributed by atoms with Gasteiger partial charge in [0.25, 0.3) is 0 Å². The summed E-state index contributed by atoms with van der Waals surface area (Å²) in [6.45, 7) is 5.40. The molecule has 3 aliphatic rings. The number of benzene rings is 1. The summed E-state index contributed by atoms with van der Waals surface area (Å²) in [4.78, 5) is 18.7. The van der Waals surface area contributed by atoms with Crippen molar-refractivity contribution in [3.63, 3.8) is 0 Å². The third kappa shape index (κ3) is 3.77. The number of hydrogen-bond acceptors (Lipinski definition) is 7. The van der Waals surface area contributed by atoms with Crippen LogP contribution in [0.4, 0.5) is 0 Å². The first-order chi connectivity index (χ1) is 16.6. The Kier molecular flexibility index (Phi) is 5.16. The van der Waals surface area contributed by atoms with Crippen LogP contribution < -0.4 is 0 Å². The molecule has 1 saturated carbocycles. The van der Waals surface area contributed by atoms with Gasteiger partial charge in [0.2, 0.25) is 0 Å². The molecule has 1 saturated heterocycles. The maximum atomic E-state index is 11.9. The van der Waals surface area contributed by atoms with Crippen molar-refractivity contribution in [1.82, 2.24) is 19.7 Å². The maximum absolute atomic E-state index is 11.9. The summed E-state index contributed by atoms with van der Waals surface area (Å²) in [6, 6.07) is 8.12. The van der Waals surface area contributed by atoms with E-state index in [4.69, 9.17) is 9.47 Å². The largest absolute Gasteiger partial charge is 0.457 e. The summed E-state index contributed by atoms with van der Waals surface area (Å²) in [5, 5.41) is 13.9.